The van der Waals surface area contributed by atoms with E-state index in [0.29, 0.717) is 6.61 Å². The van der Waals surface area contributed by atoms with Crippen molar-refractivity contribution in [2.45, 2.75) is 19.0 Å². The van der Waals surface area contributed by atoms with Crippen molar-refractivity contribution in [3.05, 3.63) is 12.7 Å². The molecule has 3 nitrogen and oxygen atoms in total. The maximum absolute atomic E-state index is 10.5. The van der Waals surface area contributed by atoms with Gasteiger partial charge in [-0.2, -0.15) is 0 Å². The van der Waals surface area contributed by atoms with Crippen LogP contribution in [0.15, 0.2) is 12.7 Å². The Hall–Kier alpha value is -0.396. The largest absolute Gasteiger partial charge is 0.465 e. The van der Waals surface area contributed by atoms with Gasteiger partial charge in [-0.05, 0) is 12.5 Å². The second-order valence-electron chi connectivity index (χ2n) is 2.28. The number of hydrogen-bond acceptors (Lipinski definition) is 3. The fourth-order valence-electron chi connectivity index (χ4n) is 0.682. The molecule has 12 heavy (non-hydrogen) atoms. The predicted molar refractivity (Wildman–Crippen MR) is 54.6 cm³/mol. The van der Waals surface area contributed by atoms with Gasteiger partial charge in [-0.1, -0.05) is 13.1 Å². The summed E-state index contributed by atoms with van der Waals surface area (Å²) in [5.74, 6) is -0.331. The summed E-state index contributed by atoms with van der Waals surface area (Å²) in [6.07, 6.45) is 2.12. The van der Waals surface area contributed by atoms with Gasteiger partial charge in [-0.15, -0.1) is 0 Å². The molecule has 0 bridgehead atoms. The average molecular weight is 204 g/mol. The lowest BCUT2D eigenvalue weighted by atomic mass is 10.5. The molecule has 0 aliphatic heterocycles. The third-order valence-corrected chi connectivity index (χ3v) is 4.87. The van der Waals surface area contributed by atoms with Crippen molar-refractivity contribution in [3.8, 4) is 0 Å². The molecule has 0 atom stereocenters. The smallest absolute Gasteiger partial charge is 0.330 e. The van der Waals surface area contributed by atoms with E-state index in [0.717, 1.165) is 12.5 Å². The molecule has 0 heterocycles. The van der Waals surface area contributed by atoms with Gasteiger partial charge >= 0.3 is 5.97 Å². The summed E-state index contributed by atoms with van der Waals surface area (Å²) in [5, 5.41) is 0. The topological polar surface area (TPSA) is 35.5 Å². The van der Waals surface area contributed by atoms with Crippen LogP contribution in [0.25, 0.3) is 0 Å². The van der Waals surface area contributed by atoms with Crippen LogP contribution in [0.5, 0.6) is 0 Å². The van der Waals surface area contributed by atoms with E-state index >= 15 is 0 Å². The molecule has 0 radical (unpaired) electrons. The first kappa shape index (κ1) is 11.6. The zero-order valence-corrected chi connectivity index (χ0v) is 10.4. The zero-order valence-electron chi connectivity index (χ0n) is 7.54. The van der Waals surface area contributed by atoms with Gasteiger partial charge in [0.1, 0.15) is 19.5 Å². The van der Waals surface area contributed by atoms with E-state index in [4.69, 9.17) is 8.85 Å². The normalized spacial score (nSPS) is 11.4. The average Bonchev–Trinajstić information content (AvgIpc) is 2.10. The minimum atomic E-state index is -0.331. The third kappa shape index (κ3) is 7.71. The van der Waals surface area contributed by atoms with Crippen LogP contribution in [-0.4, -0.2) is 32.1 Å². The minimum absolute atomic E-state index is 0.202. The monoisotopic (exact) mass is 204 g/mol. The van der Waals surface area contributed by atoms with Crippen LogP contribution in [-0.2, 0) is 13.6 Å². The Bertz CT molecular complexity index is 139. The number of rotatable bonds is 7. The number of ether oxygens (including phenoxy) is 1. The van der Waals surface area contributed by atoms with Crippen molar-refractivity contribution in [2.75, 3.05) is 6.61 Å². The van der Waals surface area contributed by atoms with Crippen molar-refractivity contribution in [2.24, 2.45) is 0 Å². The van der Waals surface area contributed by atoms with Crippen molar-refractivity contribution < 1.29 is 13.6 Å². The summed E-state index contributed by atoms with van der Waals surface area (Å²) in [5.41, 5.74) is 0. The second-order valence-corrected chi connectivity index (χ2v) is 5.60. The van der Waals surface area contributed by atoms with Crippen LogP contribution >= 0.6 is 0 Å². The van der Waals surface area contributed by atoms with E-state index in [1.807, 2.05) is 0 Å². The summed E-state index contributed by atoms with van der Waals surface area (Å²) in [7, 11) is -0.498. The molecular formula is C7H16O3Si2. The molecule has 0 aromatic carbocycles. The van der Waals surface area contributed by atoms with E-state index in [1.54, 1.807) is 0 Å². The van der Waals surface area contributed by atoms with E-state index in [1.165, 1.54) is 6.08 Å². The second kappa shape index (κ2) is 8.70. The lowest BCUT2D eigenvalue weighted by molar-refractivity contribution is -0.137. The summed E-state index contributed by atoms with van der Waals surface area (Å²) < 4.78 is 10.2. The lowest BCUT2D eigenvalue weighted by Crippen LogP contribution is -2.05. The highest BCUT2D eigenvalue weighted by atomic mass is 28.3. The Morgan fingerprint density at radius 3 is 3.00 bits per heavy atom. The molecule has 0 spiro atoms. The van der Waals surface area contributed by atoms with Gasteiger partial charge in [0.25, 0.3) is 0 Å². The Balaban J connectivity index is 3.00. The first-order valence-corrected chi connectivity index (χ1v) is 7.75. The van der Waals surface area contributed by atoms with Crippen LogP contribution in [0.3, 0.4) is 0 Å². The maximum Gasteiger partial charge on any atom is 0.330 e. The fraction of sp³-hybridized carbons (Fsp3) is 0.571. The Morgan fingerprint density at radius 1 is 1.67 bits per heavy atom. The SMILES string of the molecule is C=CC(=O)OCCC[SiH2]O[SiH2]C. The molecule has 70 valence electrons. The molecule has 0 amide bonds. The summed E-state index contributed by atoms with van der Waals surface area (Å²) in [6.45, 7) is 5.94. The van der Waals surface area contributed by atoms with Gasteiger partial charge in [0.05, 0.1) is 6.61 Å². The predicted octanol–water partition coefficient (Wildman–Crippen LogP) is -0.244. The van der Waals surface area contributed by atoms with E-state index in [2.05, 4.69) is 13.1 Å². The van der Waals surface area contributed by atoms with Crippen molar-refractivity contribution in [3.63, 3.8) is 0 Å². The summed E-state index contributed by atoms with van der Waals surface area (Å²) in [4.78, 5) is 10.5. The molecule has 0 unspecified atom stereocenters. The molecule has 0 fully saturated rings. The molecule has 0 rings (SSSR count). The number of carbonyl (C=O) groups excluding carboxylic acids is 1. The van der Waals surface area contributed by atoms with Gasteiger partial charge < -0.3 is 8.85 Å². The molecular weight excluding hydrogens is 188 g/mol. The van der Waals surface area contributed by atoms with Gasteiger partial charge in [0.2, 0.25) is 0 Å². The van der Waals surface area contributed by atoms with Crippen LogP contribution < -0.4 is 0 Å². The molecule has 0 aromatic heterocycles. The van der Waals surface area contributed by atoms with Crippen LogP contribution in [0.2, 0.25) is 12.6 Å². The Kier molecular flexibility index (Phi) is 8.41. The maximum atomic E-state index is 10.5. The number of carbonyl (C=O) groups is 1. The van der Waals surface area contributed by atoms with Crippen molar-refractivity contribution >= 4 is 25.5 Å². The zero-order chi connectivity index (χ0) is 9.23. The quantitative estimate of drug-likeness (QED) is 0.248. The number of hydrogen-bond donors (Lipinski definition) is 0. The fourth-order valence-corrected chi connectivity index (χ4v) is 3.06. The highest BCUT2D eigenvalue weighted by Crippen LogP contribution is 1.91. The first-order chi connectivity index (χ1) is 5.81. The molecule has 0 aliphatic carbocycles. The van der Waals surface area contributed by atoms with E-state index < -0.39 is 0 Å². The van der Waals surface area contributed by atoms with Crippen molar-refractivity contribution in [1.82, 2.24) is 0 Å². The summed E-state index contributed by atoms with van der Waals surface area (Å²) >= 11 is 0. The molecule has 0 aromatic rings. The van der Waals surface area contributed by atoms with Crippen LogP contribution in [0.4, 0.5) is 0 Å². The van der Waals surface area contributed by atoms with E-state index in [9.17, 15) is 4.79 Å². The van der Waals surface area contributed by atoms with Gasteiger partial charge in [-0.25, -0.2) is 4.79 Å². The molecule has 0 aliphatic rings. The van der Waals surface area contributed by atoms with E-state index in [-0.39, 0.29) is 25.5 Å². The molecule has 0 N–H and O–H groups in total. The Morgan fingerprint density at radius 2 is 2.42 bits per heavy atom. The molecule has 0 saturated heterocycles. The van der Waals surface area contributed by atoms with Gasteiger partial charge in [-0.3, -0.25) is 0 Å². The number of esters is 1. The lowest BCUT2D eigenvalue weighted by Gasteiger charge is -2.01. The first-order valence-electron chi connectivity index (χ1n) is 4.18. The summed E-state index contributed by atoms with van der Waals surface area (Å²) in [6, 6.07) is 1.10. The standard InChI is InChI=1S/C7H16O3Si2/c1-3-7(8)9-5-4-6-12-10-11-2/h3H,1,4-6,11-12H2,2H3. The third-order valence-electron chi connectivity index (χ3n) is 1.30. The van der Waals surface area contributed by atoms with Gasteiger partial charge in [0.15, 0.2) is 0 Å². The molecule has 0 saturated carbocycles. The molecule has 5 heteroatoms. The van der Waals surface area contributed by atoms with Crippen molar-refractivity contribution in [1.29, 1.82) is 0 Å². The van der Waals surface area contributed by atoms with Crippen LogP contribution in [0.1, 0.15) is 6.42 Å². The minimum Gasteiger partial charge on any atom is -0.465 e. The highest BCUT2D eigenvalue weighted by molar-refractivity contribution is 6.41. The highest BCUT2D eigenvalue weighted by Gasteiger charge is 1.94. The van der Waals surface area contributed by atoms with Gasteiger partial charge in [0, 0.05) is 6.08 Å². The van der Waals surface area contributed by atoms with Crippen LogP contribution in [0, 0.1) is 0 Å². The Labute approximate surface area is 78.0 Å².